The van der Waals surface area contributed by atoms with Gasteiger partial charge in [0, 0.05) is 12.2 Å². The average molecular weight is 251 g/mol. The van der Waals surface area contributed by atoms with Gasteiger partial charge < -0.3 is 10.0 Å². The molecule has 0 saturated carbocycles. The molecule has 0 bridgehead atoms. The van der Waals surface area contributed by atoms with Crippen molar-refractivity contribution < 1.29 is 14.7 Å². The fourth-order valence-corrected chi connectivity index (χ4v) is 2.46. The third kappa shape index (κ3) is 2.15. The number of fused-ring (bicyclic) bond motifs is 1. The van der Waals surface area contributed by atoms with Gasteiger partial charge in [-0.1, -0.05) is 18.2 Å². The fourth-order valence-electron chi connectivity index (χ4n) is 2.06. The lowest BCUT2D eigenvalue weighted by Gasteiger charge is -2.16. The first-order valence-corrected chi connectivity index (χ1v) is 6.65. The number of nitrogens with zero attached hydrogens (tertiary/aromatic N) is 1. The van der Waals surface area contributed by atoms with E-state index in [1.807, 2.05) is 12.3 Å². The van der Waals surface area contributed by atoms with Crippen LogP contribution in [0.5, 0.6) is 0 Å². The van der Waals surface area contributed by atoms with E-state index < -0.39 is 11.9 Å². The van der Waals surface area contributed by atoms with E-state index >= 15 is 0 Å². The lowest BCUT2D eigenvalue weighted by Crippen LogP contribution is -2.32. The van der Waals surface area contributed by atoms with Gasteiger partial charge in [0.2, 0.25) is 5.91 Å². The summed E-state index contributed by atoms with van der Waals surface area (Å²) in [6.45, 7) is 0.244. The van der Waals surface area contributed by atoms with E-state index in [0.717, 1.165) is 11.3 Å². The highest BCUT2D eigenvalue weighted by molar-refractivity contribution is 7.99. The molecule has 0 radical (unpaired) electrons. The van der Waals surface area contributed by atoms with Crippen molar-refractivity contribution in [3.05, 3.63) is 29.8 Å². The second kappa shape index (κ2) is 4.79. The Morgan fingerprint density at radius 1 is 1.47 bits per heavy atom. The van der Waals surface area contributed by atoms with Crippen LogP contribution in [0.25, 0.3) is 0 Å². The molecule has 1 N–H and O–H groups in total. The Hall–Kier alpha value is -1.49. The maximum Gasteiger partial charge on any atom is 0.312 e. The van der Waals surface area contributed by atoms with Crippen molar-refractivity contribution in [1.82, 2.24) is 0 Å². The number of thioether (sulfide) groups is 1. The highest BCUT2D eigenvalue weighted by Crippen LogP contribution is 2.36. The van der Waals surface area contributed by atoms with Crippen molar-refractivity contribution in [1.29, 1.82) is 0 Å². The zero-order chi connectivity index (χ0) is 12.4. The molecular weight excluding hydrogens is 238 g/mol. The van der Waals surface area contributed by atoms with Crippen molar-refractivity contribution in [2.24, 2.45) is 0 Å². The number of amides is 1. The van der Waals surface area contributed by atoms with E-state index in [1.54, 1.807) is 23.1 Å². The van der Waals surface area contributed by atoms with Crippen LogP contribution in [0.4, 0.5) is 5.69 Å². The van der Waals surface area contributed by atoms with Crippen LogP contribution >= 0.6 is 11.8 Å². The number of carbonyl (C=O) groups excluding carboxylic acids is 1. The monoisotopic (exact) mass is 251 g/mol. The van der Waals surface area contributed by atoms with Crippen LogP contribution < -0.4 is 4.90 Å². The lowest BCUT2D eigenvalue weighted by atomic mass is 10.0. The number of benzene rings is 1. The molecule has 2 rings (SSSR count). The number of anilines is 1. The number of hydrogen-bond acceptors (Lipinski definition) is 3. The van der Waals surface area contributed by atoms with Gasteiger partial charge in [-0.05, 0) is 17.9 Å². The molecule has 0 saturated heterocycles. The summed E-state index contributed by atoms with van der Waals surface area (Å²) >= 11 is 1.44. The zero-order valence-electron chi connectivity index (χ0n) is 9.42. The minimum Gasteiger partial charge on any atom is -0.481 e. The maximum absolute atomic E-state index is 11.9. The van der Waals surface area contributed by atoms with Gasteiger partial charge in [-0.2, -0.15) is 11.8 Å². The molecule has 1 aliphatic rings. The Kier molecular flexibility index (Phi) is 3.38. The highest BCUT2D eigenvalue weighted by atomic mass is 32.2. The number of carboxylic acids is 1. The standard InChI is InChI=1S/C12H13NO3S/c1-17-7-11(14)13-6-9(12(15)16)8-4-2-3-5-10(8)13/h2-5,9H,6-7H2,1H3,(H,15,16)/t9-/m0/s1. The van der Waals surface area contributed by atoms with Gasteiger partial charge in [-0.15, -0.1) is 0 Å². The Balaban J connectivity index is 2.34. The molecule has 1 aromatic rings. The molecule has 5 heteroatoms. The molecule has 90 valence electrons. The summed E-state index contributed by atoms with van der Waals surface area (Å²) in [5.41, 5.74) is 1.47. The van der Waals surface area contributed by atoms with Gasteiger partial charge in [0.05, 0.1) is 5.75 Å². The lowest BCUT2D eigenvalue weighted by molar-refractivity contribution is -0.138. The Bertz CT molecular complexity index is 461. The Labute approximate surface area is 104 Å². The van der Waals surface area contributed by atoms with Crippen LogP contribution in [0.3, 0.4) is 0 Å². The second-order valence-electron chi connectivity index (χ2n) is 3.89. The molecule has 0 aromatic heterocycles. The molecule has 0 spiro atoms. The van der Waals surface area contributed by atoms with Crippen LogP contribution in [-0.2, 0) is 9.59 Å². The van der Waals surface area contributed by atoms with Crippen LogP contribution in [0.1, 0.15) is 11.5 Å². The number of aliphatic carboxylic acids is 1. The minimum atomic E-state index is -0.878. The number of rotatable bonds is 3. The van der Waals surface area contributed by atoms with Gasteiger partial charge in [0.15, 0.2) is 0 Å². The van der Waals surface area contributed by atoms with Crippen molar-refractivity contribution in [2.45, 2.75) is 5.92 Å². The van der Waals surface area contributed by atoms with Crippen LogP contribution in [0, 0.1) is 0 Å². The third-order valence-electron chi connectivity index (χ3n) is 2.84. The Morgan fingerprint density at radius 3 is 2.82 bits per heavy atom. The highest BCUT2D eigenvalue weighted by Gasteiger charge is 2.35. The SMILES string of the molecule is CSCC(=O)N1C[C@H](C(=O)O)c2ccccc21. The number of carboxylic acid groups (broad SMARTS) is 1. The topological polar surface area (TPSA) is 57.6 Å². The Morgan fingerprint density at radius 2 is 2.18 bits per heavy atom. The smallest absolute Gasteiger partial charge is 0.312 e. The molecule has 1 aromatic carbocycles. The largest absolute Gasteiger partial charge is 0.481 e. The van der Waals surface area contributed by atoms with Gasteiger partial charge >= 0.3 is 5.97 Å². The van der Waals surface area contributed by atoms with Crippen LogP contribution in [0.15, 0.2) is 24.3 Å². The van der Waals surface area contributed by atoms with Crippen molar-refractivity contribution >= 4 is 29.3 Å². The molecule has 1 amide bonds. The molecule has 0 fully saturated rings. The first-order valence-electron chi connectivity index (χ1n) is 5.26. The van der Waals surface area contributed by atoms with Crippen molar-refractivity contribution in [2.75, 3.05) is 23.5 Å². The summed E-state index contributed by atoms with van der Waals surface area (Å²) in [7, 11) is 0. The van der Waals surface area contributed by atoms with E-state index in [0.29, 0.717) is 5.75 Å². The summed E-state index contributed by atoms with van der Waals surface area (Å²) < 4.78 is 0. The minimum absolute atomic E-state index is 0.0336. The number of hydrogen-bond donors (Lipinski definition) is 1. The summed E-state index contributed by atoms with van der Waals surface area (Å²) in [6.07, 6.45) is 1.86. The van der Waals surface area contributed by atoms with Crippen LogP contribution in [0.2, 0.25) is 0 Å². The van der Waals surface area contributed by atoms with E-state index in [1.165, 1.54) is 11.8 Å². The molecule has 1 aliphatic heterocycles. The summed E-state index contributed by atoms with van der Waals surface area (Å²) in [6, 6.07) is 7.21. The second-order valence-corrected chi connectivity index (χ2v) is 4.75. The quantitative estimate of drug-likeness (QED) is 0.885. The maximum atomic E-state index is 11.9. The van der Waals surface area contributed by atoms with E-state index in [-0.39, 0.29) is 12.5 Å². The molecule has 4 nitrogen and oxygen atoms in total. The number of para-hydroxylation sites is 1. The zero-order valence-corrected chi connectivity index (χ0v) is 10.2. The molecule has 17 heavy (non-hydrogen) atoms. The predicted octanol–water partition coefficient (Wildman–Crippen LogP) is 1.56. The molecule has 0 aliphatic carbocycles. The van der Waals surface area contributed by atoms with Gasteiger partial charge in [0.25, 0.3) is 0 Å². The van der Waals surface area contributed by atoms with Crippen molar-refractivity contribution in [3.8, 4) is 0 Å². The van der Waals surface area contributed by atoms with Gasteiger partial charge in [-0.25, -0.2) is 0 Å². The summed E-state index contributed by atoms with van der Waals surface area (Å²) in [4.78, 5) is 24.6. The normalized spacial score (nSPS) is 17.9. The molecule has 0 unspecified atom stereocenters. The third-order valence-corrected chi connectivity index (χ3v) is 3.37. The molecular formula is C12H13NO3S. The van der Waals surface area contributed by atoms with E-state index in [2.05, 4.69) is 0 Å². The first-order chi connectivity index (χ1) is 8.15. The van der Waals surface area contributed by atoms with Gasteiger partial charge in [-0.3, -0.25) is 9.59 Å². The van der Waals surface area contributed by atoms with Crippen LogP contribution in [-0.4, -0.2) is 35.5 Å². The first kappa shape index (κ1) is 12.0. The van der Waals surface area contributed by atoms with E-state index in [9.17, 15) is 9.59 Å². The van der Waals surface area contributed by atoms with Crippen molar-refractivity contribution in [3.63, 3.8) is 0 Å². The average Bonchev–Trinajstić information content (AvgIpc) is 2.69. The fraction of sp³-hybridized carbons (Fsp3) is 0.333. The van der Waals surface area contributed by atoms with Gasteiger partial charge in [0.1, 0.15) is 5.92 Å². The van der Waals surface area contributed by atoms with E-state index in [4.69, 9.17) is 5.11 Å². The summed E-state index contributed by atoms with van der Waals surface area (Å²) in [5.74, 6) is -1.14. The molecule has 1 heterocycles. The number of carbonyl (C=O) groups is 2. The molecule has 1 atom stereocenters. The summed E-state index contributed by atoms with van der Waals surface area (Å²) in [5, 5.41) is 9.15. The predicted molar refractivity (Wildman–Crippen MR) is 67.6 cm³/mol.